The largest absolute Gasteiger partial charge is 0.444 e. The van der Waals surface area contributed by atoms with Crippen molar-refractivity contribution in [2.75, 3.05) is 24.5 Å². The smallest absolute Gasteiger partial charge is 0.410 e. The maximum Gasteiger partial charge on any atom is 0.410 e. The first kappa shape index (κ1) is 21.0. The number of nitrogens with zero attached hydrogens (tertiary/aromatic N) is 2. The van der Waals surface area contributed by atoms with Crippen LogP contribution in [0.2, 0.25) is 10.0 Å². The lowest BCUT2D eigenvalue weighted by atomic mass is 9.87. The summed E-state index contributed by atoms with van der Waals surface area (Å²) in [7, 11) is 0. The van der Waals surface area contributed by atoms with Crippen molar-refractivity contribution in [3.63, 3.8) is 0 Å². The van der Waals surface area contributed by atoms with Gasteiger partial charge in [-0.05, 0) is 81.0 Å². The zero-order valence-electron chi connectivity index (χ0n) is 18.3. The molecule has 5 rings (SSSR count). The van der Waals surface area contributed by atoms with Gasteiger partial charge in [0.1, 0.15) is 5.60 Å². The molecule has 31 heavy (non-hydrogen) atoms. The van der Waals surface area contributed by atoms with Crippen LogP contribution >= 0.6 is 23.2 Å². The molecule has 2 unspecified atom stereocenters. The maximum absolute atomic E-state index is 12.8. The molecule has 0 aliphatic carbocycles. The number of benzene rings is 2. The summed E-state index contributed by atoms with van der Waals surface area (Å²) in [6.07, 6.45) is 2.99. The average molecular weight is 459 g/mol. The van der Waals surface area contributed by atoms with Crippen LogP contribution in [-0.2, 0) is 11.2 Å². The van der Waals surface area contributed by atoms with E-state index in [9.17, 15) is 4.79 Å². The number of aryl methyl sites for hydroxylation is 1. The highest BCUT2D eigenvalue weighted by Gasteiger charge is 2.45. The molecule has 2 atom stereocenters. The van der Waals surface area contributed by atoms with E-state index in [1.165, 1.54) is 16.8 Å². The average Bonchev–Trinajstić information content (AvgIpc) is 3.01. The van der Waals surface area contributed by atoms with Crippen LogP contribution in [0.3, 0.4) is 0 Å². The third-order valence-corrected chi connectivity index (χ3v) is 7.17. The molecule has 1 fully saturated rings. The number of hydrogen-bond donors (Lipinski definition) is 0. The molecule has 3 heterocycles. The molecule has 0 aromatic heterocycles. The van der Waals surface area contributed by atoms with Crippen LogP contribution in [0.25, 0.3) is 11.1 Å². The number of fused-ring (bicyclic) bond motifs is 3. The number of carbonyl (C=O) groups is 1. The number of carbonyl (C=O) groups excluding carboxylic acids is 1. The molecular formula is C25H28Cl2N2O2. The van der Waals surface area contributed by atoms with Crippen molar-refractivity contribution < 1.29 is 9.53 Å². The predicted octanol–water partition coefficient (Wildman–Crippen LogP) is 6.52. The van der Waals surface area contributed by atoms with Crippen LogP contribution in [-0.4, -0.2) is 42.3 Å². The van der Waals surface area contributed by atoms with Gasteiger partial charge in [0, 0.05) is 52.9 Å². The molecule has 6 heteroatoms. The summed E-state index contributed by atoms with van der Waals surface area (Å²) in [6, 6.07) is 10.7. The molecule has 0 saturated carbocycles. The monoisotopic (exact) mass is 458 g/mol. The Morgan fingerprint density at radius 1 is 1.13 bits per heavy atom. The van der Waals surface area contributed by atoms with E-state index in [1.54, 1.807) is 6.07 Å². The summed E-state index contributed by atoms with van der Waals surface area (Å²) in [5, 5.41) is 1.31. The molecule has 3 aliphatic heterocycles. The first-order chi connectivity index (χ1) is 14.7. The topological polar surface area (TPSA) is 32.8 Å². The lowest BCUT2D eigenvalue weighted by molar-refractivity contribution is 0.0189. The van der Waals surface area contributed by atoms with Gasteiger partial charge in [-0.3, -0.25) is 0 Å². The zero-order valence-corrected chi connectivity index (χ0v) is 19.8. The summed E-state index contributed by atoms with van der Waals surface area (Å²) < 4.78 is 5.67. The third-order valence-electron chi connectivity index (χ3n) is 6.62. The van der Waals surface area contributed by atoms with Crippen molar-refractivity contribution in [3.05, 3.63) is 51.5 Å². The maximum atomic E-state index is 12.8. The van der Waals surface area contributed by atoms with E-state index in [4.69, 9.17) is 27.9 Å². The van der Waals surface area contributed by atoms with Gasteiger partial charge in [-0.2, -0.15) is 0 Å². The Bertz CT molecular complexity index is 1050. The van der Waals surface area contributed by atoms with Crippen LogP contribution in [0.4, 0.5) is 10.5 Å². The predicted molar refractivity (Wildman–Crippen MR) is 127 cm³/mol. The Morgan fingerprint density at radius 2 is 1.94 bits per heavy atom. The number of ether oxygens (including phenoxy) is 1. The molecule has 0 radical (unpaired) electrons. The summed E-state index contributed by atoms with van der Waals surface area (Å²) in [6.45, 7) is 8.28. The first-order valence-electron chi connectivity index (χ1n) is 11.1. The van der Waals surface area contributed by atoms with Gasteiger partial charge in [0.05, 0.1) is 0 Å². The van der Waals surface area contributed by atoms with E-state index in [-0.39, 0.29) is 6.09 Å². The zero-order chi connectivity index (χ0) is 21.9. The van der Waals surface area contributed by atoms with Gasteiger partial charge in [-0.15, -0.1) is 0 Å². The van der Waals surface area contributed by atoms with Crippen molar-refractivity contribution >= 4 is 35.0 Å². The van der Waals surface area contributed by atoms with Gasteiger partial charge in [0.2, 0.25) is 0 Å². The second-order valence-electron chi connectivity index (χ2n) is 9.88. The molecule has 164 valence electrons. The van der Waals surface area contributed by atoms with Gasteiger partial charge in [-0.25, -0.2) is 4.79 Å². The molecule has 1 saturated heterocycles. The Labute approximate surface area is 194 Å². The van der Waals surface area contributed by atoms with Crippen molar-refractivity contribution in [1.82, 2.24) is 4.90 Å². The van der Waals surface area contributed by atoms with Gasteiger partial charge in [0.15, 0.2) is 0 Å². The fraction of sp³-hybridized carbons (Fsp3) is 0.480. The molecule has 2 aromatic carbocycles. The van der Waals surface area contributed by atoms with Crippen LogP contribution in [0, 0.1) is 0 Å². The van der Waals surface area contributed by atoms with E-state index >= 15 is 0 Å². The third kappa shape index (κ3) is 3.78. The number of hydrogen-bond acceptors (Lipinski definition) is 3. The summed E-state index contributed by atoms with van der Waals surface area (Å²) in [4.78, 5) is 17.3. The number of rotatable bonds is 1. The summed E-state index contributed by atoms with van der Waals surface area (Å²) in [5.74, 6) is 0.291. The van der Waals surface area contributed by atoms with Crippen molar-refractivity contribution in [3.8, 4) is 11.1 Å². The second kappa shape index (κ2) is 7.60. The number of anilines is 1. The van der Waals surface area contributed by atoms with E-state index in [2.05, 4.69) is 17.0 Å². The number of piperidine rings is 1. The minimum Gasteiger partial charge on any atom is -0.444 e. The highest BCUT2D eigenvalue weighted by Crippen LogP contribution is 2.50. The fourth-order valence-corrected chi connectivity index (χ4v) is 5.93. The van der Waals surface area contributed by atoms with Gasteiger partial charge >= 0.3 is 6.09 Å². The summed E-state index contributed by atoms with van der Waals surface area (Å²) >= 11 is 12.7. The molecule has 0 N–H and O–H groups in total. The van der Waals surface area contributed by atoms with Crippen LogP contribution in [0.5, 0.6) is 0 Å². The molecule has 4 nitrogen and oxygen atoms in total. The standard InChI is InChI=1S/C25H28Cl2N2O2/c1-25(2,3)31-24(30)28-10-8-22-20(14-28)19-12-16(18-7-6-17(26)13-21(18)27)11-15-5-4-9-29(22)23(15)19/h6-7,11-13,20,22H,4-5,8-10,14H2,1-3H3. The molecule has 1 amide bonds. The van der Waals surface area contributed by atoms with E-state index in [1.807, 2.05) is 37.8 Å². The van der Waals surface area contributed by atoms with Gasteiger partial charge < -0.3 is 14.5 Å². The summed E-state index contributed by atoms with van der Waals surface area (Å²) in [5.41, 5.74) is 5.78. The molecule has 0 spiro atoms. The van der Waals surface area contributed by atoms with Crippen LogP contribution in [0.1, 0.15) is 50.7 Å². The Morgan fingerprint density at radius 3 is 2.68 bits per heavy atom. The van der Waals surface area contributed by atoms with Gasteiger partial charge in [0.25, 0.3) is 0 Å². The second-order valence-corrected chi connectivity index (χ2v) is 10.7. The van der Waals surface area contributed by atoms with Gasteiger partial charge in [-0.1, -0.05) is 29.3 Å². The molecule has 0 bridgehead atoms. The van der Waals surface area contributed by atoms with Crippen molar-refractivity contribution in [2.24, 2.45) is 0 Å². The lowest BCUT2D eigenvalue weighted by Gasteiger charge is -2.40. The minimum atomic E-state index is -0.484. The highest BCUT2D eigenvalue weighted by atomic mass is 35.5. The fourth-order valence-electron chi connectivity index (χ4n) is 5.42. The van der Waals surface area contributed by atoms with E-state index < -0.39 is 5.60 Å². The highest BCUT2D eigenvalue weighted by molar-refractivity contribution is 6.36. The van der Waals surface area contributed by atoms with Crippen molar-refractivity contribution in [1.29, 1.82) is 0 Å². The Kier molecular flexibility index (Phi) is 5.14. The molecular weight excluding hydrogens is 431 g/mol. The normalized spacial score (nSPS) is 22.2. The van der Waals surface area contributed by atoms with E-state index in [0.717, 1.165) is 43.5 Å². The number of amides is 1. The van der Waals surface area contributed by atoms with E-state index in [0.29, 0.717) is 28.5 Å². The lowest BCUT2D eigenvalue weighted by Crippen LogP contribution is -2.49. The van der Waals surface area contributed by atoms with Crippen LogP contribution in [0.15, 0.2) is 30.3 Å². The van der Waals surface area contributed by atoms with Crippen LogP contribution < -0.4 is 4.90 Å². The minimum absolute atomic E-state index is 0.210. The van der Waals surface area contributed by atoms with Crippen molar-refractivity contribution in [2.45, 2.75) is 57.6 Å². The Balaban J connectivity index is 1.53. The first-order valence-corrected chi connectivity index (χ1v) is 11.8. The molecule has 3 aliphatic rings. The SMILES string of the molecule is CC(C)(C)OC(=O)N1CCC2C(C1)c1cc(-c3ccc(Cl)cc3Cl)cc3c1N2CCC3. The molecule has 2 aromatic rings. The number of halogens is 2. The Hall–Kier alpha value is -1.91. The quantitative estimate of drug-likeness (QED) is 0.487. The number of likely N-dealkylation sites (tertiary alicyclic amines) is 1.